The molecule has 0 saturated heterocycles. The van der Waals surface area contributed by atoms with E-state index in [-0.39, 0.29) is 11.5 Å². The summed E-state index contributed by atoms with van der Waals surface area (Å²) in [6, 6.07) is 6.53. The highest BCUT2D eigenvalue weighted by atomic mass is 19.1. The molecule has 0 aliphatic carbocycles. The Labute approximate surface area is 106 Å². The molecule has 1 aromatic carbocycles. The Morgan fingerprint density at radius 1 is 1.11 bits per heavy atom. The Bertz CT molecular complexity index is 733. The number of rotatable bonds is 2. The number of hydrogen-bond acceptors (Lipinski definition) is 4. The maximum atomic E-state index is 13.1. The van der Waals surface area contributed by atoms with Gasteiger partial charge >= 0.3 is 0 Å². The summed E-state index contributed by atoms with van der Waals surface area (Å²) >= 11 is 0. The van der Waals surface area contributed by atoms with Crippen molar-refractivity contribution < 1.29 is 8.78 Å². The number of anilines is 3. The summed E-state index contributed by atoms with van der Waals surface area (Å²) in [5, 5.41) is 9.33. The molecule has 19 heavy (non-hydrogen) atoms. The van der Waals surface area contributed by atoms with Crippen LogP contribution in [-0.2, 0) is 0 Å². The maximum Gasteiger partial charge on any atom is 0.171 e. The summed E-state index contributed by atoms with van der Waals surface area (Å²) in [7, 11) is 0. The fraction of sp³-hybridized carbons (Fsp3) is 0. The largest absolute Gasteiger partial charge is 0.380 e. The molecule has 0 fully saturated rings. The molecule has 4 N–H and O–H groups in total. The van der Waals surface area contributed by atoms with E-state index in [1.807, 2.05) is 0 Å². The first-order chi connectivity index (χ1) is 9.11. The summed E-state index contributed by atoms with van der Waals surface area (Å²) < 4.78 is 26.1. The van der Waals surface area contributed by atoms with Crippen LogP contribution >= 0.6 is 0 Å². The highest BCUT2D eigenvalue weighted by molar-refractivity contribution is 5.86. The van der Waals surface area contributed by atoms with Gasteiger partial charge in [0, 0.05) is 11.8 Å². The second kappa shape index (κ2) is 4.20. The highest BCUT2D eigenvalue weighted by Crippen LogP contribution is 2.21. The van der Waals surface area contributed by atoms with Crippen LogP contribution in [0.5, 0.6) is 0 Å². The first kappa shape index (κ1) is 11.4. The fourth-order valence-electron chi connectivity index (χ4n) is 1.76. The van der Waals surface area contributed by atoms with Crippen LogP contribution in [0, 0.1) is 11.6 Å². The number of fused-ring (bicyclic) bond motifs is 1. The van der Waals surface area contributed by atoms with Crippen LogP contribution in [0.1, 0.15) is 0 Å². The Morgan fingerprint density at radius 2 is 1.84 bits per heavy atom. The van der Waals surface area contributed by atoms with Gasteiger partial charge in [0.25, 0.3) is 0 Å². The molecule has 0 atom stereocenters. The molecule has 0 bridgehead atoms. The molecule has 0 unspecified atom stereocenters. The third-order valence-corrected chi connectivity index (χ3v) is 2.57. The zero-order chi connectivity index (χ0) is 13.4. The number of nitrogen functional groups attached to an aromatic ring is 1. The summed E-state index contributed by atoms with van der Waals surface area (Å²) in [5.74, 6) is -0.632. The molecule has 7 heteroatoms. The highest BCUT2D eigenvalue weighted by Gasteiger charge is 2.06. The molecule has 3 rings (SSSR count). The van der Waals surface area contributed by atoms with Crippen molar-refractivity contribution in [1.29, 1.82) is 0 Å². The molecule has 0 saturated carbocycles. The Kier molecular flexibility index (Phi) is 2.52. The van der Waals surface area contributed by atoms with E-state index in [1.165, 1.54) is 12.1 Å². The van der Waals surface area contributed by atoms with Crippen molar-refractivity contribution in [3.63, 3.8) is 0 Å². The van der Waals surface area contributed by atoms with Gasteiger partial charge in [0.1, 0.15) is 23.0 Å². The van der Waals surface area contributed by atoms with Gasteiger partial charge in [-0.25, -0.2) is 13.8 Å². The van der Waals surface area contributed by atoms with Gasteiger partial charge < -0.3 is 11.1 Å². The first-order valence-electron chi connectivity index (χ1n) is 5.45. The molecule has 0 radical (unpaired) electrons. The van der Waals surface area contributed by atoms with Crippen LogP contribution in [0.25, 0.3) is 11.0 Å². The summed E-state index contributed by atoms with van der Waals surface area (Å²) in [6.45, 7) is 0. The van der Waals surface area contributed by atoms with Gasteiger partial charge in [0.2, 0.25) is 0 Å². The van der Waals surface area contributed by atoms with Crippen molar-refractivity contribution in [3.8, 4) is 0 Å². The molecular weight excluding hydrogens is 252 g/mol. The van der Waals surface area contributed by atoms with Gasteiger partial charge in [-0.2, -0.15) is 5.10 Å². The quantitative estimate of drug-likeness (QED) is 0.662. The number of H-pyrrole nitrogens is 1. The number of aromatic amines is 1. The monoisotopic (exact) mass is 261 g/mol. The van der Waals surface area contributed by atoms with Crippen molar-refractivity contribution in [2.75, 3.05) is 11.1 Å². The van der Waals surface area contributed by atoms with E-state index in [4.69, 9.17) is 5.73 Å². The number of nitrogens with one attached hydrogen (secondary N) is 2. The topological polar surface area (TPSA) is 79.6 Å². The third-order valence-electron chi connectivity index (χ3n) is 2.57. The van der Waals surface area contributed by atoms with Gasteiger partial charge in [-0.1, -0.05) is 0 Å². The smallest absolute Gasteiger partial charge is 0.171 e. The van der Waals surface area contributed by atoms with Gasteiger partial charge in [-0.05, 0) is 24.3 Å². The van der Waals surface area contributed by atoms with Crippen LogP contribution in [0.3, 0.4) is 0 Å². The van der Waals surface area contributed by atoms with Crippen LogP contribution in [-0.4, -0.2) is 15.2 Å². The molecule has 0 aliphatic heterocycles. The van der Waals surface area contributed by atoms with E-state index in [0.29, 0.717) is 16.9 Å². The Balaban J connectivity index is 1.98. The molecule has 0 spiro atoms. The van der Waals surface area contributed by atoms with Crippen molar-refractivity contribution in [2.24, 2.45) is 0 Å². The summed E-state index contributed by atoms with van der Waals surface area (Å²) in [6.07, 6.45) is 0. The lowest BCUT2D eigenvalue weighted by molar-refractivity contribution is 0.584. The molecule has 0 amide bonds. The van der Waals surface area contributed by atoms with Gasteiger partial charge in [0.05, 0.1) is 5.52 Å². The zero-order valence-corrected chi connectivity index (χ0v) is 9.61. The van der Waals surface area contributed by atoms with Crippen molar-refractivity contribution in [3.05, 3.63) is 42.0 Å². The number of pyridine rings is 1. The van der Waals surface area contributed by atoms with Gasteiger partial charge in [-0.15, -0.1) is 0 Å². The average molecular weight is 261 g/mol. The second-order valence-corrected chi connectivity index (χ2v) is 3.98. The standard InChI is InChI=1S/C12H9F2N5/c13-6-3-7(14)5-8(4-6)16-10-2-1-9-11(17-10)12(15)19-18-9/h1-5H,(H,16,17)(H3,15,18,19). The van der Waals surface area contributed by atoms with E-state index in [2.05, 4.69) is 20.5 Å². The van der Waals surface area contributed by atoms with E-state index in [9.17, 15) is 8.78 Å². The lowest BCUT2D eigenvalue weighted by atomic mass is 10.3. The van der Waals surface area contributed by atoms with Crippen LogP contribution in [0.4, 0.5) is 26.1 Å². The molecule has 96 valence electrons. The fourth-order valence-corrected chi connectivity index (χ4v) is 1.76. The number of nitrogens with two attached hydrogens (primary N) is 1. The van der Waals surface area contributed by atoms with Crippen molar-refractivity contribution >= 4 is 28.4 Å². The molecule has 0 aliphatic rings. The molecular formula is C12H9F2N5. The van der Waals surface area contributed by atoms with E-state index in [1.54, 1.807) is 12.1 Å². The molecule has 5 nitrogen and oxygen atoms in total. The Hall–Kier alpha value is -2.70. The predicted octanol–water partition coefficient (Wildman–Crippen LogP) is 2.56. The second-order valence-electron chi connectivity index (χ2n) is 3.98. The lowest BCUT2D eigenvalue weighted by Gasteiger charge is -2.06. The molecule has 3 aromatic rings. The number of benzene rings is 1. The normalized spacial score (nSPS) is 10.8. The summed E-state index contributed by atoms with van der Waals surface area (Å²) in [5.41, 5.74) is 7.09. The number of halogens is 2. The maximum absolute atomic E-state index is 13.1. The van der Waals surface area contributed by atoms with Gasteiger partial charge in [0.15, 0.2) is 5.82 Å². The lowest BCUT2D eigenvalue weighted by Crippen LogP contribution is -1.95. The molecule has 2 aromatic heterocycles. The van der Waals surface area contributed by atoms with Gasteiger partial charge in [-0.3, -0.25) is 5.10 Å². The minimum absolute atomic E-state index is 0.268. The minimum Gasteiger partial charge on any atom is -0.380 e. The SMILES string of the molecule is Nc1n[nH]c2ccc(Nc3cc(F)cc(F)c3)nc12. The Morgan fingerprint density at radius 3 is 2.58 bits per heavy atom. The predicted molar refractivity (Wildman–Crippen MR) is 67.9 cm³/mol. The number of hydrogen-bond donors (Lipinski definition) is 3. The third kappa shape index (κ3) is 2.17. The number of nitrogens with zero attached hydrogens (tertiary/aromatic N) is 2. The van der Waals surface area contributed by atoms with Crippen molar-refractivity contribution in [2.45, 2.75) is 0 Å². The summed E-state index contributed by atoms with van der Waals surface area (Å²) in [4.78, 5) is 4.21. The van der Waals surface area contributed by atoms with E-state index in [0.717, 1.165) is 6.07 Å². The van der Waals surface area contributed by atoms with Crippen molar-refractivity contribution in [1.82, 2.24) is 15.2 Å². The number of aromatic nitrogens is 3. The van der Waals surface area contributed by atoms with E-state index >= 15 is 0 Å². The minimum atomic E-state index is -0.661. The zero-order valence-electron chi connectivity index (χ0n) is 9.61. The van der Waals surface area contributed by atoms with Crippen LogP contribution < -0.4 is 11.1 Å². The molecule has 2 heterocycles. The average Bonchev–Trinajstić information content (AvgIpc) is 2.70. The van der Waals surface area contributed by atoms with Crippen LogP contribution in [0.15, 0.2) is 30.3 Å². The first-order valence-corrected chi connectivity index (χ1v) is 5.45. The van der Waals surface area contributed by atoms with Crippen LogP contribution in [0.2, 0.25) is 0 Å². The van der Waals surface area contributed by atoms with E-state index < -0.39 is 11.6 Å².